The third kappa shape index (κ3) is 3.40. The molecule has 0 saturated heterocycles. The molecule has 2 N–H and O–H groups in total. The lowest BCUT2D eigenvalue weighted by atomic mass is 10.3. The lowest BCUT2D eigenvalue weighted by molar-refractivity contribution is -0.116. The minimum Gasteiger partial charge on any atom is -0.505 e. The molecule has 8 heteroatoms. The van der Waals surface area contributed by atoms with E-state index in [1.54, 1.807) is 6.92 Å². The number of aryl methyl sites for hydroxylation is 1. The number of phenols is 1. The van der Waals surface area contributed by atoms with Crippen molar-refractivity contribution in [2.24, 2.45) is 0 Å². The van der Waals surface area contributed by atoms with E-state index in [9.17, 15) is 14.7 Å². The van der Waals surface area contributed by atoms with Gasteiger partial charge in [-0.25, -0.2) is 0 Å². The Labute approximate surface area is 134 Å². The van der Waals surface area contributed by atoms with Gasteiger partial charge in [-0.1, -0.05) is 34.5 Å². The Morgan fingerprint density at radius 1 is 1.33 bits per heavy atom. The molecule has 0 aliphatic heterocycles. The summed E-state index contributed by atoms with van der Waals surface area (Å²) in [5.41, 5.74) is 1.12. The zero-order valence-electron chi connectivity index (χ0n) is 11.2. The second-order valence-electron chi connectivity index (χ2n) is 4.43. The number of anilines is 1. The van der Waals surface area contributed by atoms with Gasteiger partial charge in [-0.2, -0.15) is 0 Å². The van der Waals surface area contributed by atoms with Gasteiger partial charge in [0.25, 0.3) is 0 Å². The highest BCUT2D eigenvalue weighted by atomic mass is 35.5. The summed E-state index contributed by atoms with van der Waals surface area (Å²) in [7, 11) is 0. The second-order valence-corrected chi connectivity index (χ2v) is 6.41. The van der Waals surface area contributed by atoms with Crippen molar-refractivity contribution in [2.45, 2.75) is 20.4 Å². The zero-order chi connectivity index (χ0) is 15.7. The van der Waals surface area contributed by atoms with Crippen LogP contribution < -0.4 is 10.2 Å². The van der Waals surface area contributed by atoms with E-state index >= 15 is 0 Å². The molecule has 112 valence electrons. The van der Waals surface area contributed by atoms with Gasteiger partial charge in [0, 0.05) is 16.3 Å². The smallest absolute Gasteiger partial charge is 0.308 e. The molecule has 1 amide bonds. The monoisotopic (exact) mass is 346 g/mol. The van der Waals surface area contributed by atoms with Crippen molar-refractivity contribution in [3.8, 4) is 5.75 Å². The molecule has 5 nitrogen and oxygen atoms in total. The molecule has 0 fully saturated rings. The van der Waals surface area contributed by atoms with Gasteiger partial charge in [-0.15, -0.1) is 0 Å². The van der Waals surface area contributed by atoms with Gasteiger partial charge in [-0.05, 0) is 26.0 Å². The van der Waals surface area contributed by atoms with Gasteiger partial charge in [0.05, 0.1) is 10.0 Å². The first-order chi connectivity index (χ1) is 9.79. The van der Waals surface area contributed by atoms with E-state index in [1.165, 1.54) is 16.7 Å². The Kier molecular flexibility index (Phi) is 4.61. The summed E-state index contributed by atoms with van der Waals surface area (Å²) >= 11 is 12.7. The fourth-order valence-electron chi connectivity index (χ4n) is 1.75. The highest BCUT2D eigenvalue weighted by molar-refractivity contribution is 7.09. The first-order valence-electron chi connectivity index (χ1n) is 5.94. The molecule has 0 saturated carbocycles. The number of aromatic hydroxyl groups is 1. The number of halogens is 2. The average molecular weight is 347 g/mol. The van der Waals surface area contributed by atoms with Crippen LogP contribution in [0.1, 0.15) is 10.6 Å². The number of nitrogens with zero attached hydrogens (tertiary/aromatic N) is 1. The number of hydrogen-bond donors (Lipinski definition) is 2. The van der Waals surface area contributed by atoms with Crippen molar-refractivity contribution in [3.05, 3.63) is 42.4 Å². The molecule has 21 heavy (non-hydrogen) atoms. The van der Waals surface area contributed by atoms with E-state index < -0.39 is 0 Å². The van der Waals surface area contributed by atoms with Crippen molar-refractivity contribution in [1.29, 1.82) is 0 Å². The standard InChI is InChI=1S/C13H12Cl2N2O3S/c1-6-7(2)21-13(20)17(6)5-11(18)16-8-3-9(14)12(19)10(15)4-8/h3-4,19H,5H2,1-2H3,(H,16,18). The quantitative estimate of drug-likeness (QED) is 0.838. The molecule has 0 bridgehead atoms. The minimum atomic E-state index is -0.379. The van der Waals surface area contributed by atoms with Gasteiger partial charge in [0.15, 0.2) is 5.75 Å². The number of rotatable bonds is 3. The normalized spacial score (nSPS) is 10.7. The molecular formula is C13H12Cl2N2O3S. The summed E-state index contributed by atoms with van der Waals surface area (Å²) < 4.78 is 1.40. The van der Waals surface area contributed by atoms with Crippen LogP contribution in [0.2, 0.25) is 10.0 Å². The maximum Gasteiger partial charge on any atom is 0.308 e. The number of phenolic OH excluding ortho intramolecular Hbond substituents is 1. The SMILES string of the molecule is Cc1sc(=O)n(CC(=O)Nc2cc(Cl)c(O)c(Cl)c2)c1C. The highest BCUT2D eigenvalue weighted by Crippen LogP contribution is 2.34. The Hall–Kier alpha value is -1.50. The summed E-state index contributed by atoms with van der Waals surface area (Å²) in [6.07, 6.45) is 0. The largest absolute Gasteiger partial charge is 0.505 e. The molecular weight excluding hydrogens is 335 g/mol. The lowest BCUT2D eigenvalue weighted by Gasteiger charge is -2.09. The fraction of sp³-hybridized carbons (Fsp3) is 0.231. The summed E-state index contributed by atoms with van der Waals surface area (Å²) in [6.45, 7) is 3.52. The van der Waals surface area contributed by atoms with Crippen LogP contribution in [0, 0.1) is 13.8 Å². The molecule has 0 unspecified atom stereocenters. The van der Waals surface area contributed by atoms with Gasteiger partial charge in [-0.3, -0.25) is 14.2 Å². The van der Waals surface area contributed by atoms with E-state index in [-0.39, 0.29) is 33.1 Å². The van der Waals surface area contributed by atoms with Crippen molar-refractivity contribution >= 4 is 46.1 Å². The van der Waals surface area contributed by atoms with E-state index in [4.69, 9.17) is 23.2 Å². The number of carbonyl (C=O) groups excluding carboxylic acids is 1. The van der Waals surface area contributed by atoms with Crippen LogP contribution in [0.4, 0.5) is 5.69 Å². The lowest BCUT2D eigenvalue weighted by Crippen LogP contribution is -2.25. The molecule has 0 spiro atoms. The van der Waals surface area contributed by atoms with Gasteiger partial charge in [0.1, 0.15) is 6.54 Å². The minimum absolute atomic E-state index is 0.0394. The number of carbonyl (C=O) groups is 1. The van der Waals surface area contributed by atoms with Gasteiger partial charge >= 0.3 is 4.87 Å². The van der Waals surface area contributed by atoms with Crippen molar-refractivity contribution in [1.82, 2.24) is 4.57 Å². The van der Waals surface area contributed by atoms with E-state index in [0.29, 0.717) is 5.69 Å². The molecule has 1 aromatic heterocycles. The van der Waals surface area contributed by atoms with Crippen molar-refractivity contribution in [3.63, 3.8) is 0 Å². The van der Waals surface area contributed by atoms with Crippen LogP contribution in [-0.4, -0.2) is 15.6 Å². The van der Waals surface area contributed by atoms with E-state index in [0.717, 1.165) is 21.9 Å². The first kappa shape index (κ1) is 15.9. The Morgan fingerprint density at radius 3 is 2.38 bits per heavy atom. The second kappa shape index (κ2) is 6.09. The van der Waals surface area contributed by atoms with Crippen LogP contribution in [0.5, 0.6) is 5.75 Å². The number of aromatic nitrogens is 1. The van der Waals surface area contributed by atoms with Gasteiger partial charge in [0.2, 0.25) is 5.91 Å². The Bertz CT molecular complexity index is 744. The number of amides is 1. The molecule has 2 aromatic rings. The third-order valence-electron chi connectivity index (χ3n) is 2.98. The zero-order valence-corrected chi connectivity index (χ0v) is 13.6. The predicted molar refractivity (Wildman–Crippen MR) is 84.8 cm³/mol. The highest BCUT2D eigenvalue weighted by Gasteiger charge is 2.13. The van der Waals surface area contributed by atoms with Crippen molar-refractivity contribution in [2.75, 3.05) is 5.32 Å². The third-order valence-corrected chi connectivity index (χ3v) is 4.55. The van der Waals surface area contributed by atoms with Crippen LogP contribution in [0.15, 0.2) is 16.9 Å². The molecule has 0 radical (unpaired) electrons. The average Bonchev–Trinajstić information content (AvgIpc) is 2.62. The summed E-state index contributed by atoms with van der Waals surface area (Å²) in [5, 5.41) is 12.1. The van der Waals surface area contributed by atoms with E-state index in [2.05, 4.69) is 5.32 Å². The molecule has 0 aliphatic carbocycles. The Morgan fingerprint density at radius 2 is 1.90 bits per heavy atom. The number of hydrogen-bond acceptors (Lipinski definition) is 4. The van der Waals surface area contributed by atoms with E-state index in [1.807, 2.05) is 6.92 Å². The summed E-state index contributed by atoms with van der Waals surface area (Å²) in [5.74, 6) is -0.618. The fourth-order valence-corrected chi connectivity index (χ4v) is 3.07. The van der Waals surface area contributed by atoms with Crippen LogP contribution in [-0.2, 0) is 11.3 Å². The van der Waals surface area contributed by atoms with Crippen LogP contribution in [0.3, 0.4) is 0 Å². The summed E-state index contributed by atoms with van der Waals surface area (Å²) in [4.78, 5) is 24.4. The molecule has 1 heterocycles. The Balaban J connectivity index is 2.17. The van der Waals surface area contributed by atoms with Crippen LogP contribution in [0.25, 0.3) is 0 Å². The molecule has 1 aromatic carbocycles. The van der Waals surface area contributed by atoms with Crippen LogP contribution >= 0.6 is 34.5 Å². The predicted octanol–water partition coefficient (Wildman–Crippen LogP) is 3.18. The first-order valence-corrected chi connectivity index (χ1v) is 7.51. The molecule has 0 atom stereocenters. The van der Waals surface area contributed by atoms with Gasteiger partial charge < -0.3 is 10.4 Å². The topological polar surface area (TPSA) is 71.3 Å². The maximum absolute atomic E-state index is 12.0. The molecule has 2 rings (SSSR count). The molecule has 0 aliphatic rings. The maximum atomic E-state index is 12.0. The number of benzene rings is 1. The van der Waals surface area contributed by atoms with Crippen molar-refractivity contribution < 1.29 is 9.90 Å². The number of thiazole rings is 1. The number of nitrogens with one attached hydrogen (secondary N) is 1. The summed E-state index contributed by atoms with van der Waals surface area (Å²) in [6, 6.07) is 2.77.